The molecule has 0 unspecified atom stereocenters. The highest BCUT2D eigenvalue weighted by molar-refractivity contribution is 5.83. The number of hydrogen-bond acceptors (Lipinski definition) is 9. The monoisotopic (exact) mass is 373 g/mol. The average Bonchev–Trinajstić information content (AvgIpc) is 3.13. The molecule has 0 saturated heterocycles. The van der Waals surface area contributed by atoms with Crippen LogP contribution in [0.15, 0.2) is 18.2 Å². The molecule has 0 bridgehead atoms. The highest BCUT2D eigenvalue weighted by atomic mass is 16.5. The Bertz CT molecular complexity index is 913. The lowest BCUT2D eigenvalue weighted by atomic mass is 10.1. The predicted octanol–water partition coefficient (Wildman–Crippen LogP) is 1.50. The van der Waals surface area contributed by atoms with E-state index < -0.39 is 0 Å². The van der Waals surface area contributed by atoms with E-state index in [0.717, 1.165) is 0 Å². The van der Waals surface area contributed by atoms with Crippen molar-refractivity contribution in [3.63, 3.8) is 0 Å². The van der Waals surface area contributed by atoms with E-state index >= 15 is 0 Å². The fourth-order valence-electron chi connectivity index (χ4n) is 2.58. The average molecular weight is 373 g/mol. The molecule has 10 heteroatoms. The van der Waals surface area contributed by atoms with Gasteiger partial charge in [-0.05, 0) is 12.0 Å². The van der Waals surface area contributed by atoms with E-state index in [-0.39, 0.29) is 24.3 Å². The number of nitrogens with zero attached hydrogens (tertiary/aromatic N) is 4. The first-order valence-corrected chi connectivity index (χ1v) is 8.58. The van der Waals surface area contributed by atoms with Gasteiger partial charge in [-0.2, -0.15) is 20.3 Å². The fraction of sp³-hybridized carbons (Fsp3) is 0.412. The van der Waals surface area contributed by atoms with Gasteiger partial charge < -0.3 is 25.6 Å². The molecule has 1 aromatic carbocycles. The maximum atomic E-state index is 10.2. The number of aromatic nitrogens is 5. The number of H-pyrrole nitrogens is 1. The Balaban J connectivity index is 1.86. The second-order valence-electron chi connectivity index (χ2n) is 6.39. The van der Waals surface area contributed by atoms with Gasteiger partial charge >= 0.3 is 0 Å². The third-order valence-corrected chi connectivity index (χ3v) is 4.25. The van der Waals surface area contributed by atoms with Gasteiger partial charge in [-0.25, -0.2) is 0 Å². The van der Waals surface area contributed by atoms with Crippen LogP contribution in [-0.2, 0) is 6.54 Å². The van der Waals surface area contributed by atoms with Gasteiger partial charge in [-0.15, -0.1) is 5.10 Å². The van der Waals surface area contributed by atoms with Gasteiger partial charge in [0, 0.05) is 12.1 Å². The summed E-state index contributed by atoms with van der Waals surface area (Å²) < 4.78 is 5.13. The van der Waals surface area contributed by atoms with Crippen LogP contribution in [0, 0.1) is 5.92 Å². The molecule has 0 aliphatic rings. The molecule has 144 valence electrons. The Morgan fingerprint density at radius 2 is 2.04 bits per heavy atom. The number of fused-ring (bicyclic) bond motifs is 1. The SMILES string of the molecule is COc1cccc(CNc2nc(N[C@@H](CO)C(C)C)nc3n[nH]nc23)c1O. The third kappa shape index (κ3) is 4.00. The zero-order valence-electron chi connectivity index (χ0n) is 15.4. The maximum absolute atomic E-state index is 10.2. The zero-order valence-corrected chi connectivity index (χ0v) is 15.4. The molecule has 1 atom stereocenters. The molecular formula is C17H23N7O3. The molecular weight excluding hydrogens is 350 g/mol. The van der Waals surface area contributed by atoms with Gasteiger partial charge in [0.2, 0.25) is 11.6 Å². The Morgan fingerprint density at radius 3 is 2.74 bits per heavy atom. The summed E-state index contributed by atoms with van der Waals surface area (Å²) in [5.74, 6) is 1.45. The van der Waals surface area contributed by atoms with Crippen molar-refractivity contribution in [1.82, 2.24) is 25.4 Å². The number of rotatable bonds is 8. The standard InChI is InChI=1S/C17H23N7O3/c1-9(2)11(8-25)19-17-20-15(13-16(21-17)23-24-22-13)18-7-10-5-4-6-12(27-3)14(10)26/h4-6,9,11,25-26H,7-8H2,1-3H3,(H3,18,19,20,21,22,23,24)/t11-/m0/s1. The number of nitrogens with one attached hydrogen (secondary N) is 3. The first-order chi connectivity index (χ1) is 13.0. The Morgan fingerprint density at radius 1 is 1.22 bits per heavy atom. The van der Waals surface area contributed by atoms with Gasteiger partial charge in [0.1, 0.15) is 0 Å². The minimum Gasteiger partial charge on any atom is -0.504 e. The summed E-state index contributed by atoms with van der Waals surface area (Å²) in [5.41, 5.74) is 1.52. The van der Waals surface area contributed by atoms with E-state index in [4.69, 9.17) is 4.74 Å². The Labute approximate surface area is 156 Å². The van der Waals surface area contributed by atoms with E-state index in [9.17, 15) is 10.2 Å². The molecule has 0 amide bonds. The summed E-state index contributed by atoms with van der Waals surface area (Å²) in [5, 5.41) is 36.7. The Hall–Kier alpha value is -3.14. The molecule has 3 aromatic rings. The summed E-state index contributed by atoms with van der Waals surface area (Å²) in [4.78, 5) is 8.77. The number of aromatic hydroxyl groups is 1. The topological polar surface area (TPSA) is 141 Å². The number of ether oxygens (including phenoxy) is 1. The van der Waals surface area contributed by atoms with Crippen molar-refractivity contribution in [1.29, 1.82) is 0 Å². The van der Waals surface area contributed by atoms with Crippen molar-refractivity contribution in [2.45, 2.75) is 26.4 Å². The maximum Gasteiger partial charge on any atom is 0.227 e. The Kier molecular flexibility index (Phi) is 5.55. The molecule has 2 aromatic heterocycles. The summed E-state index contributed by atoms with van der Waals surface area (Å²) >= 11 is 0. The number of aromatic amines is 1. The minimum atomic E-state index is -0.190. The fourth-order valence-corrected chi connectivity index (χ4v) is 2.58. The molecule has 0 spiro atoms. The van der Waals surface area contributed by atoms with Gasteiger partial charge in [0.05, 0.1) is 19.8 Å². The second kappa shape index (κ2) is 8.04. The van der Waals surface area contributed by atoms with Crippen LogP contribution in [0.3, 0.4) is 0 Å². The summed E-state index contributed by atoms with van der Waals surface area (Å²) in [6.45, 7) is 4.24. The number of benzene rings is 1. The number of anilines is 2. The van der Waals surface area contributed by atoms with E-state index in [1.165, 1.54) is 7.11 Å². The molecule has 0 fully saturated rings. The summed E-state index contributed by atoms with van der Waals surface area (Å²) in [6.07, 6.45) is 0. The number of aliphatic hydroxyl groups excluding tert-OH is 1. The van der Waals surface area contributed by atoms with Crippen LogP contribution in [0.1, 0.15) is 19.4 Å². The number of para-hydroxylation sites is 1. The number of aliphatic hydroxyl groups is 1. The van der Waals surface area contributed by atoms with Crippen LogP contribution in [-0.4, -0.2) is 55.4 Å². The summed E-state index contributed by atoms with van der Waals surface area (Å²) in [6, 6.07) is 5.07. The number of hydrogen-bond donors (Lipinski definition) is 5. The lowest BCUT2D eigenvalue weighted by Crippen LogP contribution is -2.30. The summed E-state index contributed by atoms with van der Waals surface area (Å²) in [7, 11) is 1.50. The van der Waals surface area contributed by atoms with Crippen molar-refractivity contribution < 1.29 is 14.9 Å². The first kappa shape index (κ1) is 18.6. The lowest BCUT2D eigenvalue weighted by Gasteiger charge is -2.20. The second-order valence-corrected chi connectivity index (χ2v) is 6.39. The first-order valence-electron chi connectivity index (χ1n) is 8.58. The smallest absolute Gasteiger partial charge is 0.227 e. The quantitative estimate of drug-likeness (QED) is 0.397. The van der Waals surface area contributed by atoms with Crippen molar-refractivity contribution in [2.75, 3.05) is 24.4 Å². The largest absolute Gasteiger partial charge is 0.504 e. The lowest BCUT2D eigenvalue weighted by molar-refractivity contribution is 0.248. The molecule has 3 rings (SSSR count). The number of methoxy groups -OCH3 is 1. The molecule has 2 heterocycles. The molecule has 0 aliphatic carbocycles. The van der Waals surface area contributed by atoms with Gasteiger partial charge in [-0.1, -0.05) is 26.0 Å². The minimum absolute atomic E-state index is 0.0433. The zero-order chi connectivity index (χ0) is 19.4. The van der Waals surface area contributed by atoms with Crippen LogP contribution < -0.4 is 15.4 Å². The van der Waals surface area contributed by atoms with E-state index in [2.05, 4.69) is 36.0 Å². The highest BCUT2D eigenvalue weighted by Crippen LogP contribution is 2.30. The van der Waals surface area contributed by atoms with Gasteiger partial charge in [-0.3, -0.25) is 0 Å². The van der Waals surface area contributed by atoms with Crippen LogP contribution >= 0.6 is 0 Å². The number of phenolic OH excluding ortho intramolecular Hbond substituents is 1. The van der Waals surface area contributed by atoms with Crippen molar-refractivity contribution in [3.8, 4) is 11.5 Å². The number of phenols is 1. The van der Waals surface area contributed by atoms with Crippen LogP contribution in [0.25, 0.3) is 11.2 Å². The van der Waals surface area contributed by atoms with E-state index in [0.29, 0.717) is 40.8 Å². The van der Waals surface area contributed by atoms with Crippen LogP contribution in [0.2, 0.25) is 0 Å². The molecule has 5 N–H and O–H groups in total. The van der Waals surface area contributed by atoms with Gasteiger partial charge in [0.25, 0.3) is 0 Å². The van der Waals surface area contributed by atoms with Crippen molar-refractivity contribution >= 4 is 22.9 Å². The van der Waals surface area contributed by atoms with Crippen molar-refractivity contribution in [3.05, 3.63) is 23.8 Å². The van der Waals surface area contributed by atoms with Crippen LogP contribution in [0.4, 0.5) is 11.8 Å². The van der Waals surface area contributed by atoms with Gasteiger partial charge in [0.15, 0.2) is 22.8 Å². The predicted molar refractivity (Wildman–Crippen MR) is 101 cm³/mol. The van der Waals surface area contributed by atoms with Crippen LogP contribution in [0.5, 0.6) is 11.5 Å². The molecule has 0 saturated carbocycles. The molecule has 27 heavy (non-hydrogen) atoms. The van der Waals surface area contributed by atoms with E-state index in [1.54, 1.807) is 18.2 Å². The van der Waals surface area contributed by atoms with E-state index in [1.807, 2.05) is 13.8 Å². The highest BCUT2D eigenvalue weighted by Gasteiger charge is 2.17. The normalized spacial score (nSPS) is 12.3. The third-order valence-electron chi connectivity index (χ3n) is 4.25. The molecule has 0 aliphatic heterocycles. The molecule has 10 nitrogen and oxygen atoms in total. The molecule has 0 radical (unpaired) electrons. The van der Waals surface area contributed by atoms with Crippen molar-refractivity contribution in [2.24, 2.45) is 5.92 Å².